The summed E-state index contributed by atoms with van der Waals surface area (Å²) < 4.78 is 25.4. The molecule has 0 atom stereocenters. The Bertz CT molecular complexity index is 1010. The third-order valence-corrected chi connectivity index (χ3v) is 6.85. The van der Waals surface area contributed by atoms with E-state index in [1.807, 2.05) is 0 Å². The summed E-state index contributed by atoms with van der Waals surface area (Å²) in [4.78, 5) is 4.16. The van der Waals surface area contributed by atoms with Gasteiger partial charge in [0.15, 0.2) is 10.2 Å². The monoisotopic (exact) mass is 452 g/mol. The Kier molecular flexibility index (Phi) is 5.48. The molecule has 2 aromatic carbocycles. The summed E-state index contributed by atoms with van der Waals surface area (Å²) in [7, 11) is -3.86. The predicted octanol–water partition coefficient (Wildman–Crippen LogP) is 6.33. The van der Waals surface area contributed by atoms with Crippen LogP contribution in [0.2, 0.25) is 19.4 Å². The molecule has 0 aliphatic rings. The Morgan fingerprint density at radius 3 is 2.08 bits per heavy atom. The van der Waals surface area contributed by atoms with E-state index in [1.54, 1.807) is 18.2 Å². The van der Waals surface area contributed by atoms with E-state index < -0.39 is 9.84 Å². The third-order valence-electron chi connectivity index (χ3n) is 3.05. The van der Waals surface area contributed by atoms with E-state index in [9.17, 15) is 8.42 Å². The molecule has 0 saturated carbocycles. The lowest BCUT2D eigenvalue weighted by Crippen LogP contribution is -2.03. The van der Waals surface area contributed by atoms with Gasteiger partial charge in [0.25, 0.3) is 0 Å². The summed E-state index contributed by atoms with van der Waals surface area (Å²) in [5.74, 6) is 0. The van der Waals surface area contributed by atoms with Crippen molar-refractivity contribution >= 4 is 78.4 Å². The molecule has 1 N–H and O–H groups in total. The summed E-state index contributed by atoms with van der Waals surface area (Å²) >= 11 is 24.8. The molecule has 25 heavy (non-hydrogen) atoms. The van der Waals surface area contributed by atoms with E-state index in [4.69, 9.17) is 46.4 Å². The number of nitrogens with one attached hydrogen (secondary N) is 1. The molecular weight excluding hydrogens is 446 g/mol. The number of hydrogen-bond acceptors (Lipinski definition) is 5. The van der Waals surface area contributed by atoms with Crippen molar-refractivity contribution < 1.29 is 8.42 Å². The number of rotatable bonds is 4. The minimum Gasteiger partial charge on any atom is -0.331 e. The number of anilines is 2. The third kappa shape index (κ3) is 4.22. The molecule has 0 fully saturated rings. The van der Waals surface area contributed by atoms with Crippen molar-refractivity contribution in [2.75, 3.05) is 5.32 Å². The fourth-order valence-corrected chi connectivity index (χ4v) is 5.46. The van der Waals surface area contributed by atoms with Gasteiger partial charge in [-0.3, -0.25) is 0 Å². The zero-order chi connectivity index (χ0) is 18.2. The number of nitrogens with zero attached hydrogens (tertiary/aromatic N) is 1. The van der Waals surface area contributed by atoms with E-state index in [1.165, 1.54) is 24.3 Å². The van der Waals surface area contributed by atoms with Gasteiger partial charge in [0.1, 0.15) is 4.34 Å². The van der Waals surface area contributed by atoms with Crippen molar-refractivity contribution in [1.82, 2.24) is 4.98 Å². The molecule has 0 spiro atoms. The lowest BCUT2D eigenvalue weighted by molar-refractivity contribution is 0.593. The molecule has 0 radical (unpaired) electrons. The quantitative estimate of drug-likeness (QED) is 0.501. The van der Waals surface area contributed by atoms with Crippen molar-refractivity contribution in [2.24, 2.45) is 0 Å². The fraction of sp³-hybridized carbons (Fsp3) is 0. The van der Waals surface area contributed by atoms with E-state index in [0.29, 0.717) is 25.9 Å². The number of halogens is 4. The van der Waals surface area contributed by atoms with Crippen LogP contribution in [0.25, 0.3) is 0 Å². The maximum absolute atomic E-state index is 12.7. The molecule has 3 aromatic rings. The van der Waals surface area contributed by atoms with Crippen LogP contribution < -0.4 is 5.32 Å². The van der Waals surface area contributed by atoms with Gasteiger partial charge in [0.05, 0.1) is 4.90 Å². The molecule has 0 bridgehead atoms. The van der Waals surface area contributed by atoms with Gasteiger partial charge in [-0.25, -0.2) is 13.4 Å². The summed E-state index contributed by atoms with van der Waals surface area (Å²) in [5, 5.41) is 4.33. The lowest BCUT2D eigenvalue weighted by Gasteiger charge is -2.04. The molecule has 0 saturated heterocycles. The molecule has 4 nitrogen and oxygen atoms in total. The van der Waals surface area contributed by atoms with Crippen LogP contribution in [-0.2, 0) is 9.84 Å². The van der Waals surface area contributed by atoms with Crippen molar-refractivity contribution in [2.45, 2.75) is 9.92 Å². The minimum atomic E-state index is -3.86. The maximum Gasteiger partial charge on any atom is 0.226 e. The molecule has 1 aromatic heterocycles. The van der Waals surface area contributed by atoms with Gasteiger partial charge >= 0.3 is 0 Å². The first-order valence-corrected chi connectivity index (χ1v) is 10.5. The molecule has 130 valence electrons. The van der Waals surface area contributed by atoms with Crippen LogP contribution in [-0.4, -0.2) is 13.4 Å². The Morgan fingerprint density at radius 1 is 0.880 bits per heavy atom. The van der Waals surface area contributed by atoms with Crippen LogP contribution in [0.3, 0.4) is 0 Å². The van der Waals surface area contributed by atoms with Crippen molar-refractivity contribution in [3.05, 3.63) is 61.9 Å². The Hall–Kier alpha value is -1.02. The zero-order valence-electron chi connectivity index (χ0n) is 12.1. The van der Waals surface area contributed by atoms with Gasteiger partial charge in [-0.2, -0.15) is 0 Å². The van der Waals surface area contributed by atoms with Crippen molar-refractivity contribution in [3.8, 4) is 0 Å². The summed E-state index contributed by atoms with van der Waals surface area (Å²) in [6, 6.07) is 10.6. The molecule has 0 unspecified atom stereocenters. The number of sulfone groups is 1. The lowest BCUT2D eigenvalue weighted by atomic mass is 10.3. The highest BCUT2D eigenvalue weighted by molar-refractivity contribution is 7.91. The van der Waals surface area contributed by atoms with Crippen LogP contribution in [0, 0.1) is 0 Å². The summed E-state index contributed by atoms with van der Waals surface area (Å²) in [6.45, 7) is 0. The first-order chi connectivity index (χ1) is 11.8. The minimum absolute atomic E-state index is 0.0468. The molecule has 1 heterocycles. The van der Waals surface area contributed by atoms with E-state index >= 15 is 0 Å². The average molecular weight is 454 g/mol. The Labute approximate surface area is 168 Å². The molecule has 10 heteroatoms. The van der Waals surface area contributed by atoms with Crippen LogP contribution in [0.5, 0.6) is 0 Å². The van der Waals surface area contributed by atoms with Gasteiger partial charge in [-0.1, -0.05) is 57.7 Å². The molecule has 3 rings (SSSR count). The predicted molar refractivity (Wildman–Crippen MR) is 104 cm³/mol. The van der Waals surface area contributed by atoms with Crippen molar-refractivity contribution in [3.63, 3.8) is 0 Å². The normalized spacial score (nSPS) is 11.5. The number of thiazole rings is 1. The van der Waals surface area contributed by atoms with Crippen LogP contribution >= 0.6 is 57.7 Å². The second kappa shape index (κ2) is 7.31. The zero-order valence-corrected chi connectivity index (χ0v) is 16.8. The molecule has 0 aliphatic heterocycles. The van der Waals surface area contributed by atoms with Gasteiger partial charge in [-0.05, 0) is 42.5 Å². The highest BCUT2D eigenvalue weighted by Crippen LogP contribution is 2.36. The van der Waals surface area contributed by atoms with E-state index in [0.717, 1.165) is 11.3 Å². The van der Waals surface area contributed by atoms with Crippen LogP contribution in [0.1, 0.15) is 0 Å². The molecule has 0 aliphatic carbocycles. The largest absolute Gasteiger partial charge is 0.331 e. The number of aromatic nitrogens is 1. The first-order valence-electron chi connectivity index (χ1n) is 6.66. The van der Waals surface area contributed by atoms with Gasteiger partial charge < -0.3 is 5.32 Å². The Morgan fingerprint density at radius 2 is 1.48 bits per heavy atom. The second-order valence-electron chi connectivity index (χ2n) is 4.84. The second-order valence-corrected chi connectivity index (χ2v) is 9.61. The Balaban J connectivity index is 1.95. The van der Waals surface area contributed by atoms with Gasteiger partial charge in [0.2, 0.25) is 9.84 Å². The smallest absolute Gasteiger partial charge is 0.226 e. The SMILES string of the molecule is O=S(=O)(c1ccc(Cl)cc1)c1nc(Nc2cc(Cl)cc(Cl)c2)sc1Cl. The maximum atomic E-state index is 12.7. The van der Waals surface area contributed by atoms with Gasteiger partial charge in [-0.15, -0.1) is 0 Å². The summed E-state index contributed by atoms with van der Waals surface area (Å²) in [5.41, 5.74) is 0.568. The average Bonchev–Trinajstić information content (AvgIpc) is 2.88. The number of benzene rings is 2. The van der Waals surface area contributed by atoms with E-state index in [2.05, 4.69) is 10.3 Å². The van der Waals surface area contributed by atoms with Crippen LogP contribution in [0.15, 0.2) is 52.4 Å². The van der Waals surface area contributed by atoms with Crippen LogP contribution in [0.4, 0.5) is 10.8 Å². The number of hydrogen-bond donors (Lipinski definition) is 1. The molecule has 0 amide bonds. The first kappa shape index (κ1) is 18.8. The summed E-state index contributed by atoms with van der Waals surface area (Å²) in [6.07, 6.45) is 0. The highest BCUT2D eigenvalue weighted by Gasteiger charge is 2.25. The highest BCUT2D eigenvalue weighted by atomic mass is 35.5. The molecular formula is C15H8Cl4N2O2S2. The van der Waals surface area contributed by atoms with E-state index in [-0.39, 0.29) is 14.3 Å². The van der Waals surface area contributed by atoms with Crippen molar-refractivity contribution in [1.29, 1.82) is 0 Å². The van der Waals surface area contributed by atoms with Gasteiger partial charge in [0, 0.05) is 20.8 Å². The standard InChI is InChI=1S/C15H8Cl4N2O2S2/c16-8-1-3-12(4-2-8)25(22,23)14-13(19)24-15(21-14)20-11-6-9(17)5-10(18)7-11/h1-7H,(H,20,21). The topological polar surface area (TPSA) is 59.1 Å². The fourth-order valence-electron chi connectivity index (χ4n) is 1.98.